The molecule has 0 radical (unpaired) electrons. The van der Waals surface area contributed by atoms with E-state index in [1.807, 2.05) is 20.8 Å². The Kier molecular flexibility index (Phi) is 8.02. The fraction of sp³-hybridized carbons (Fsp3) is 0.571. The summed E-state index contributed by atoms with van der Waals surface area (Å²) in [5.41, 5.74) is 0.292. The quantitative estimate of drug-likeness (QED) is 0.725. The van der Waals surface area contributed by atoms with E-state index in [0.29, 0.717) is 5.56 Å². The molecule has 7 heteroatoms. The lowest BCUT2D eigenvalue weighted by Crippen LogP contribution is -2.45. The molecule has 1 aromatic carbocycles. The Morgan fingerprint density at radius 1 is 1.00 bits per heavy atom. The lowest BCUT2D eigenvalue weighted by Gasteiger charge is -2.23. The van der Waals surface area contributed by atoms with Crippen molar-refractivity contribution in [1.82, 2.24) is 10.6 Å². The third-order valence-electron chi connectivity index (χ3n) is 3.41. The molecule has 0 bridgehead atoms. The summed E-state index contributed by atoms with van der Waals surface area (Å²) >= 11 is 0. The number of alkyl carbamates (subject to hydrolysis) is 1. The van der Waals surface area contributed by atoms with Crippen LogP contribution in [0.1, 0.15) is 64.4 Å². The minimum Gasteiger partial charge on any atom is -0.464 e. The number of carbonyl (C=O) groups is 3. The van der Waals surface area contributed by atoms with Crippen molar-refractivity contribution in [2.45, 2.75) is 72.1 Å². The number of benzene rings is 1. The van der Waals surface area contributed by atoms with Crippen molar-refractivity contribution in [3.05, 3.63) is 35.4 Å². The molecule has 0 saturated heterocycles. The summed E-state index contributed by atoms with van der Waals surface area (Å²) in [7, 11) is 0. The summed E-state index contributed by atoms with van der Waals surface area (Å²) in [4.78, 5) is 36.5. The van der Waals surface area contributed by atoms with Gasteiger partial charge < -0.3 is 20.1 Å². The summed E-state index contributed by atoms with van der Waals surface area (Å²) in [6, 6.07) is 5.99. The highest BCUT2D eigenvalue weighted by Gasteiger charge is 2.26. The Bertz CT molecular complexity index is 684. The maximum Gasteiger partial charge on any atom is 0.408 e. The third kappa shape index (κ3) is 8.88. The fourth-order valence-electron chi connectivity index (χ4n) is 2.33. The van der Waals surface area contributed by atoms with E-state index in [9.17, 15) is 14.4 Å². The van der Waals surface area contributed by atoms with Gasteiger partial charge in [-0.1, -0.05) is 12.1 Å². The second-order valence-electron chi connectivity index (χ2n) is 8.56. The zero-order valence-corrected chi connectivity index (χ0v) is 17.8. The molecular weight excluding hydrogens is 360 g/mol. The maximum absolute atomic E-state index is 12.2. The third-order valence-corrected chi connectivity index (χ3v) is 3.41. The molecule has 2 N–H and O–H groups in total. The first-order chi connectivity index (χ1) is 12.8. The van der Waals surface area contributed by atoms with E-state index in [0.717, 1.165) is 5.56 Å². The van der Waals surface area contributed by atoms with Gasteiger partial charge in [-0.05, 0) is 66.2 Å². The van der Waals surface area contributed by atoms with Gasteiger partial charge in [-0.3, -0.25) is 4.79 Å². The van der Waals surface area contributed by atoms with Gasteiger partial charge in [0.05, 0.1) is 6.61 Å². The van der Waals surface area contributed by atoms with Gasteiger partial charge in [0.1, 0.15) is 11.6 Å². The summed E-state index contributed by atoms with van der Waals surface area (Å²) in [5.74, 6) is -0.712. The topological polar surface area (TPSA) is 93.7 Å². The first-order valence-electron chi connectivity index (χ1n) is 9.38. The molecule has 0 aliphatic carbocycles. The van der Waals surface area contributed by atoms with E-state index in [-0.39, 0.29) is 24.5 Å². The Morgan fingerprint density at radius 3 is 2.04 bits per heavy atom. The van der Waals surface area contributed by atoms with E-state index < -0.39 is 23.7 Å². The van der Waals surface area contributed by atoms with E-state index in [1.54, 1.807) is 52.0 Å². The SMILES string of the molecule is CCOC(=O)C(Cc1ccc(C(=O)NC(C)(C)C)cc1)NC(=O)OC(C)(C)C. The maximum atomic E-state index is 12.2. The highest BCUT2D eigenvalue weighted by atomic mass is 16.6. The van der Waals surface area contributed by atoms with Crippen LogP contribution in [0.3, 0.4) is 0 Å². The average Bonchev–Trinajstić information content (AvgIpc) is 2.51. The molecular formula is C21H32N2O5. The average molecular weight is 392 g/mol. The summed E-state index contributed by atoms with van der Waals surface area (Å²) in [6.45, 7) is 12.9. The molecule has 28 heavy (non-hydrogen) atoms. The molecule has 7 nitrogen and oxygen atoms in total. The molecule has 0 aliphatic heterocycles. The van der Waals surface area contributed by atoms with Crippen LogP contribution >= 0.6 is 0 Å². The van der Waals surface area contributed by atoms with Gasteiger partial charge in [0.15, 0.2) is 0 Å². The normalized spacial score (nSPS) is 12.7. The van der Waals surface area contributed by atoms with Crippen molar-refractivity contribution in [2.75, 3.05) is 6.61 Å². The van der Waals surface area contributed by atoms with Crippen LogP contribution in [0.15, 0.2) is 24.3 Å². The summed E-state index contributed by atoms with van der Waals surface area (Å²) < 4.78 is 10.3. The van der Waals surface area contributed by atoms with E-state index in [1.165, 1.54) is 0 Å². The van der Waals surface area contributed by atoms with Crippen molar-refractivity contribution in [3.8, 4) is 0 Å². The molecule has 1 rings (SSSR count). The van der Waals surface area contributed by atoms with Gasteiger partial charge in [0.2, 0.25) is 0 Å². The molecule has 1 aromatic rings. The molecule has 0 aromatic heterocycles. The number of hydrogen-bond acceptors (Lipinski definition) is 5. The minimum atomic E-state index is -0.885. The Morgan fingerprint density at radius 2 is 1.57 bits per heavy atom. The lowest BCUT2D eigenvalue weighted by molar-refractivity contribution is -0.145. The predicted molar refractivity (Wildman–Crippen MR) is 107 cm³/mol. The molecule has 0 fully saturated rings. The first kappa shape index (κ1) is 23.5. The molecule has 156 valence electrons. The number of carbonyl (C=O) groups excluding carboxylic acids is 3. The van der Waals surface area contributed by atoms with Gasteiger partial charge in [-0.15, -0.1) is 0 Å². The number of nitrogens with one attached hydrogen (secondary N) is 2. The standard InChI is InChI=1S/C21H32N2O5/c1-8-27-18(25)16(22-19(26)28-21(5,6)7)13-14-9-11-15(12-10-14)17(24)23-20(2,3)4/h9-12,16H,8,13H2,1-7H3,(H,22,26)(H,23,24). The lowest BCUT2D eigenvalue weighted by atomic mass is 10.0. The van der Waals surface area contributed by atoms with Gasteiger partial charge >= 0.3 is 12.1 Å². The van der Waals surface area contributed by atoms with E-state index in [4.69, 9.17) is 9.47 Å². The largest absolute Gasteiger partial charge is 0.464 e. The Hall–Kier alpha value is -2.57. The summed E-state index contributed by atoms with van der Waals surface area (Å²) in [6.07, 6.45) is -0.467. The highest BCUT2D eigenvalue weighted by Crippen LogP contribution is 2.12. The van der Waals surface area contributed by atoms with Crippen LogP contribution in [0, 0.1) is 0 Å². The van der Waals surface area contributed by atoms with Crippen LogP contribution < -0.4 is 10.6 Å². The molecule has 0 heterocycles. The van der Waals surface area contributed by atoms with Crippen LogP contribution in [-0.2, 0) is 20.7 Å². The van der Waals surface area contributed by atoms with Gasteiger partial charge in [-0.2, -0.15) is 0 Å². The van der Waals surface area contributed by atoms with Crippen LogP contribution in [-0.4, -0.2) is 41.8 Å². The van der Waals surface area contributed by atoms with Crippen LogP contribution in [0.5, 0.6) is 0 Å². The zero-order valence-electron chi connectivity index (χ0n) is 17.8. The van der Waals surface area contributed by atoms with Gasteiger partial charge in [0.25, 0.3) is 5.91 Å². The second kappa shape index (κ2) is 9.57. The van der Waals surface area contributed by atoms with Crippen molar-refractivity contribution in [2.24, 2.45) is 0 Å². The number of amides is 2. The van der Waals surface area contributed by atoms with Crippen molar-refractivity contribution in [3.63, 3.8) is 0 Å². The van der Waals surface area contributed by atoms with E-state index >= 15 is 0 Å². The van der Waals surface area contributed by atoms with Crippen LogP contribution in [0.2, 0.25) is 0 Å². The Balaban J connectivity index is 2.86. The molecule has 1 unspecified atom stereocenters. The predicted octanol–water partition coefficient (Wildman–Crippen LogP) is 3.21. The molecule has 1 atom stereocenters. The van der Waals surface area contributed by atoms with Crippen molar-refractivity contribution < 1.29 is 23.9 Å². The zero-order chi connectivity index (χ0) is 21.5. The number of hydrogen-bond donors (Lipinski definition) is 2. The van der Waals surface area contributed by atoms with Gasteiger partial charge in [0, 0.05) is 17.5 Å². The number of ether oxygens (including phenoxy) is 2. The minimum absolute atomic E-state index is 0.173. The van der Waals surface area contributed by atoms with E-state index in [2.05, 4.69) is 10.6 Å². The molecule has 2 amide bonds. The van der Waals surface area contributed by atoms with Crippen LogP contribution in [0.4, 0.5) is 4.79 Å². The van der Waals surface area contributed by atoms with Crippen molar-refractivity contribution >= 4 is 18.0 Å². The monoisotopic (exact) mass is 392 g/mol. The highest BCUT2D eigenvalue weighted by molar-refractivity contribution is 5.94. The van der Waals surface area contributed by atoms with Crippen molar-refractivity contribution in [1.29, 1.82) is 0 Å². The summed E-state index contributed by atoms with van der Waals surface area (Å²) in [5, 5.41) is 5.45. The molecule has 0 saturated carbocycles. The number of esters is 1. The first-order valence-corrected chi connectivity index (χ1v) is 9.38. The van der Waals surface area contributed by atoms with Crippen LogP contribution in [0.25, 0.3) is 0 Å². The smallest absolute Gasteiger partial charge is 0.408 e. The fourth-order valence-corrected chi connectivity index (χ4v) is 2.33. The van der Waals surface area contributed by atoms with Gasteiger partial charge in [-0.25, -0.2) is 9.59 Å². The molecule has 0 spiro atoms. The molecule has 0 aliphatic rings. The Labute approximate surface area is 167 Å². The second-order valence-corrected chi connectivity index (χ2v) is 8.56. The number of rotatable bonds is 6.